The molecule has 2 aromatic rings. The van der Waals surface area contributed by atoms with Gasteiger partial charge in [0.2, 0.25) is 5.95 Å². The monoisotopic (exact) mass is 437 g/mol. The van der Waals surface area contributed by atoms with Gasteiger partial charge in [0, 0.05) is 36.3 Å². The first kappa shape index (κ1) is 22.0. The lowest BCUT2D eigenvalue weighted by Gasteiger charge is -2.38. The van der Waals surface area contributed by atoms with E-state index in [9.17, 15) is 0 Å². The van der Waals surface area contributed by atoms with Crippen molar-refractivity contribution < 1.29 is 0 Å². The van der Waals surface area contributed by atoms with E-state index >= 15 is 0 Å². The van der Waals surface area contributed by atoms with E-state index in [1.807, 2.05) is 6.92 Å². The summed E-state index contributed by atoms with van der Waals surface area (Å²) in [5, 5.41) is 7.35. The maximum Gasteiger partial charge on any atom is 0.231 e. The summed E-state index contributed by atoms with van der Waals surface area (Å²) in [5.41, 5.74) is 2.52. The van der Waals surface area contributed by atoms with Gasteiger partial charge in [0.05, 0.1) is 0 Å². The van der Waals surface area contributed by atoms with Gasteiger partial charge in [-0.3, -0.25) is 0 Å². The Labute approximate surface area is 192 Å². The zero-order chi connectivity index (χ0) is 21.7. The summed E-state index contributed by atoms with van der Waals surface area (Å²) >= 11 is 5.65. The van der Waals surface area contributed by atoms with Crippen molar-refractivity contribution in [3.05, 3.63) is 47.7 Å². The fraction of sp³-hybridized carbons (Fsp3) is 0.560. The summed E-state index contributed by atoms with van der Waals surface area (Å²) in [5.74, 6) is 1.58. The van der Waals surface area contributed by atoms with Crippen molar-refractivity contribution in [1.29, 1.82) is 0 Å². The van der Waals surface area contributed by atoms with Crippen molar-refractivity contribution in [3.8, 4) is 0 Å². The minimum absolute atomic E-state index is 0.146. The first-order valence-corrected chi connectivity index (χ1v) is 12.2. The predicted molar refractivity (Wildman–Crippen MR) is 133 cm³/mol. The number of anilines is 2. The third kappa shape index (κ3) is 5.35. The number of nitrogens with one attached hydrogen (secondary N) is 2. The molecule has 0 bridgehead atoms. The third-order valence-electron chi connectivity index (χ3n) is 6.95. The summed E-state index contributed by atoms with van der Waals surface area (Å²) in [6, 6.07) is 13.5. The van der Waals surface area contributed by atoms with E-state index in [1.54, 1.807) is 0 Å². The Bertz CT molecular complexity index is 879. The van der Waals surface area contributed by atoms with E-state index in [-0.39, 0.29) is 5.41 Å². The van der Waals surface area contributed by atoms with Crippen LogP contribution >= 0.6 is 12.2 Å². The number of aromatic nitrogens is 2. The van der Waals surface area contributed by atoms with E-state index in [0.29, 0.717) is 17.1 Å². The molecule has 31 heavy (non-hydrogen) atoms. The van der Waals surface area contributed by atoms with Gasteiger partial charge < -0.3 is 15.5 Å². The highest BCUT2D eigenvalue weighted by molar-refractivity contribution is 7.80. The standard InChI is InChI=1S/C25H35N5S/c1-19-17-22(30-16-10-7-11-20(30)2)28-23(27-19)29-24(31)26-18-25(14-8-4-9-15-25)21-12-5-3-6-13-21/h3,5-6,12-13,17,20H,4,7-11,14-16,18H2,1-2H3,(H2,26,27,28,29,31). The quantitative estimate of drug-likeness (QED) is 0.615. The Morgan fingerprint density at radius 3 is 2.61 bits per heavy atom. The van der Waals surface area contributed by atoms with Gasteiger partial charge in [-0.2, -0.15) is 4.98 Å². The molecule has 1 unspecified atom stereocenters. The second-order valence-electron chi connectivity index (χ2n) is 9.24. The van der Waals surface area contributed by atoms with Crippen molar-refractivity contribution in [3.63, 3.8) is 0 Å². The van der Waals surface area contributed by atoms with Crippen molar-refractivity contribution in [1.82, 2.24) is 15.3 Å². The zero-order valence-corrected chi connectivity index (χ0v) is 19.7. The van der Waals surface area contributed by atoms with Crippen molar-refractivity contribution in [2.75, 3.05) is 23.3 Å². The Hall–Kier alpha value is -2.21. The first-order chi connectivity index (χ1) is 15.1. The fourth-order valence-corrected chi connectivity index (χ4v) is 5.34. The van der Waals surface area contributed by atoms with E-state index in [4.69, 9.17) is 17.2 Å². The van der Waals surface area contributed by atoms with Gasteiger partial charge in [0.1, 0.15) is 5.82 Å². The van der Waals surface area contributed by atoms with E-state index in [0.717, 1.165) is 24.6 Å². The van der Waals surface area contributed by atoms with Gasteiger partial charge in [-0.05, 0) is 63.7 Å². The van der Waals surface area contributed by atoms with Crippen molar-refractivity contribution in [2.24, 2.45) is 0 Å². The molecule has 2 N–H and O–H groups in total. The topological polar surface area (TPSA) is 53.1 Å². The summed E-state index contributed by atoms with van der Waals surface area (Å²) in [7, 11) is 0. The highest BCUT2D eigenvalue weighted by atomic mass is 32.1. The van der Waals surface area contributed by atoms with Crippen LogP contribution in [0.1, 0.15) is 69.5 Å². The van der Waals surface area contributed by atoms with Crippen LogP contribution in [0.15, 0.2) is 36.4 Å². The number of aryl methyl sites for hydroxylation is 1. The molecule has 1 aliphatic heterocycles. The minimum atomic E-state index is 0.146. The molecular weight excluding hydrogens is 402 g/mol. The molecule has 1 saturated heterocycles. The van der Waals surface area contributed by atoms with Crippen molar-refractivity contribution >= 4 is 29.1 Å². The molecule has 1 aromatic heterocycles. The smallest absolute Gasteiger partial charge is 0.231 e. The van der Waals surface area contributed by atoms with Crippen LogP contribution in [0.5, 0.6) is 0 Å². The van der Waals surface area contributed by atoms with E-state index in [1.165, 1.54) is 56.9 Å². The maximum atomic E-state index is 5.65. The lowest BCUT2D eigenvalue weighted by Crippen LogP contribution is -2.43. The molecule has 2 aliphatic rings. The molecular formula is C25H35N5S. The van der Waals surface area contributed by atoms with Crippen LogP contribution in [0.2, 0.25) is 0 Å². The van der Waals surface area contributed by atoms with Crippen LogP contribution < -0.4 is 15.5 Å². The molecule has 2 fully saturated rings. The van der Waals surface area contributed by atoms with Gasteiger partial charge in [0.25, 0.3) is 0 Å². The highest BCUT2D eigenvalue weighted by Gasteiger charge is 2.33. The number of thiocarbonyl (C=S) groups is 1. The lowest BCUT2D eigenvalue weighted by atomic mass is 9.69. The SMILES string of the molecule is Cc1cc(N2CCCCC2C)nc(NC(=S)NCC2(c3ccccc3)CCCCC2)n1. The molecule has 6 heteroatoms. The van der Waals surface area contributed by atoms with Crippen LogP contribution in [0.25, 0.3) is 0 Å². The Morgan fingerprint density at radius 2 is 1.87 bits per heavy atom. The summed E-state index contributed by atoms with van der Waals surface area (Å²) in [6.07, 6.45) is 10.0. The zero-order valence-electron chi connectivity index (χ0n) is 18.9. The number of hydrogen-bond acceptors (Lipinski definition) is 4. The molecule has 1 aromatic carbocycles. The molecule has 4 rings (SSSR count). The lowest BCUT2D eigenvalue weighted by molar-refractivity contribution is 0.292. The largest absolute Gasteiger partial charge is 0.361 e. The predicted octanol–water partition coefficient (Wildman–Crippen LogP) is 5.35. The normalized spacial score (nSPS) is 20.8. The van der Waals surface area contributed by atoms with Crippen molar-refractivity contribution in [2.45, 2.75) is 76.7 Å². The van der Waals surface area contributed by atoms with Gasteiger partial charge in [0.15, 0.2) is 5.11 Å². The molecule has 0 amide bonds. The second kappa shape index (κ2) is 9.94. The van der Waals surface area contributed by atoms with Gasteiger partial charge in [-0.1, -0.05) is 49.6 Å². The van der Waals surface area contributed by atoms with Crippen LogP contribution in [-0.4, -0.2) is 34.2 Å². The summed E-state index contributed by atoms with van der Waals surface area (Å²) in [6.45, 7) is 6.20. The fourth-order valence-electron chi connectivity index (χ4n) is 5.18. The third-order valence-corrected chi connectivity index (χ3v) is 7.19. The number of rotatable bonds is 5. The first-order valence-electron chi connectivity index (χ1n) is 11.8. The highest BCUT2D eigenvalue weighted by Crippen LogP contribution is 2.39. The molecule has 1 atom stereocenters. The molecule has 5 nitrogen and oxygen atoms in total. The van der Waals surface area contributed by atoms with Gasteiger partial charge >= 0.3 is 0 Å². The summed E-state index contributed by atoms with van der Waals surface area (Å²) < 4.78 is 0. The second-order valence-corrected chi connectivity index (χ2v) is 9.65. The average Bonchev–Trinajstić information content (AvgIpc) is 2.79. The van der Waals surface area contributed by atoms with Crippen LogP contribution in [0.3, 0.4) is 0 Å². The van der Waals surface area contributed by atoms with Crippen LogP contribution in [0, 0.1) is 6.92 Å². The van der Waals surface area contributed by atoms with Crippen LogP contribution in [-0.2, 0) is 5.41 Å². The molecule has 0 radical (unpaired) electrons. The number of piperidine rings is 1. The Balaban J connectivity index is 1.43. The molecule has 0 spiro atoms. The van der Waals surface area contributed by atoms with E-state index in [2.05, 4.69) is 63.8 Å². The van der Waals surface area contributed by atoms with Crippen LogP contribution in [0.4, 0.5) is 11.8 Å². The molecule has 1 saturated carbocycles. The maximum absolute atomic E-state index is 5.65. The number of hydrogen-bond donors (Lipinski definition) is 2. The van der Waals surface area contributed by atoms with Gasteiger partial charge in [-0.25, -0.2) is 4.98 Å². The molecule has 2 heterocycles. The molecule has 166 valence electrons. The Morgan fingerprint density at radius 1 is 1.10 bits per heavy atom. The minimum Gasteiger partial charge on any atom is -0.361 e. The number of benzene rings is 1. The summed E-state index contributed by atoms with van der Waals surface area (Å²) in [4.78, 5) is 11.8. The average molecular weight is 438 g/mol. The number of nitrogens with zero attached hydrogens (tertiary/aromatic N) is 3. The molecule has 1 aliphatic carbocycles. The van der Waals surface area contributed by atoms with Gasteiger partial charge in [-0.15, -0.1) is 0 Å². The van der Waals surface area contributed by atoms with E-state index < -0.39 is 0 Å². The Kier molecular flexibility index (Phi) is 7.06.